The van der Waals surface area contributed by atoms with E-state index in [2.05, 4.69) is 10.3 Å². The van der Waals surface area contributed by atoms with Gasteiger partial charge < -0.3 is 15.8 Å². The van der Waals surface area contributed by atoms with Crippen molar-refractivity contribution < 1.29 is 4.74 Å². The average Bonchev–Trinajstić information content (AvgIpc) is 2.26. The summed E-state index contributed by atoms with van der Waals surface area (Å²) in [5.41, 5.74) is 7.43. The van der Waals surface area contributed by atoms with Crippen molar-refractivity contribution in [3.63, 3.8) is 0 Å². The van der Waals surface area contributed by atoms with Gasteiger partial charge in [0.05, 0.1) is 17.5 Å². The number of pyridine rings is 1. The molecule has 0 aliphatic rings. The minimum Gasteiger partial charge on any atom is -0.381 e. The number of anilines is 1. The molecule has 4 heteroatoms. The Morgan fingerprint density at radius 1 is 1.64 bits per heavy atom. The van der Waals surface area contributed by atoms with E-state index in [1.54, 1.807) is 13.3 Å². The minimum atomic E-state index is 0.181. The van der Waals surface area contributed by atoms with E-state index in [-0.39, 0.29) is 6.10 Å². The number of nitrogens with one attached hydrogen (secondary N) is 1. The molecule has 1 atom stereocenters. The van der Waals surface area contributed by atoms with E-state index in [9.17, 15) is 0 Å². The van der Waals surface area contributed by atoms with Gasteiger partial charge in [0, 0.05) is 26.4 Å². The van der Waals surface area contributed by atoms with E-state index in [0.29, 0.717) is 6.54 Å². The maximum absolute atomic E-state index is 5.56. The molecule has 0 aliphatic heterocycles. The normalized spacial score (nSPS) is 12.5. The van der Waals surface area contributed by atoms with Crippen LogP contribution in [0.3, 0.4) is 0 Å². The van der Waals surface area contributed by atoms with Crippen LogP contribution in [-0.2, 0) is 11.3 Å². The quantitative estimate of drug-likeness (QED) is 0.735. The first kappa shape index (κ1) is 10.9. The van der Waals surface area contributed by atoms with E-state index in [0.717, 1.165) is 17.9 Å². The summed E-state index contributed by atoms with van der Waals surface area (Å²) >= 11 is 0. The van der Waals surface area contributed by atoms with Crippen LogP contribution in [0, 0.1) is 0 Å². The zero-order valence-electron chi connectivity index (χ0n) is 8.66. The van der Waals surface area contributed by atoms with E-state index < -0.39 is 0 Å². The number of hydrogen-bond acceptors (Lipinski definition) is 4. The molecular weight excluding hydrogens is 178 g/mol. The molecule has 4 nitrogen and oxygen atoms in total. The van der Waals surface area contributed by atoms with Crippen LogP contribution >= 0.6 is 0 Å². The zero-order valence-corrected chi connectivity index (χ0v) is 8.66. The van der Waals surface area contributed by atoms with Crippen molar-refractivity contribution in [2.75, 3.05) is 19.0 Å². The van der Waals surface area contributed by atoms with Gasteiger partial charge in [0.15, 0.2) is 0 Å². The average molecular weight is 195 g/mol. The van der Waals surface area contributed by atoms with Crippen molar-refractivity contribution >= 4 is 5.69 Å². The fraction of sp³-hybridized carbons (Fsp3) is 0.500. The second-order valence-corrected chi connectivity index (χ2v) is 3.13. The van der Waals surface area contributed by atoms with Crippen molar-refractivity contribution in [3.05, 3.63) is 24.0 Å². The van der Waals surface area contributed by atoms with Crippen LogP contribution in [0.25, 0.3) is 0 Å². The first-order valence-electron chi connectivity index (χ1n) is 4.68. The summed E-state index contributed by atoms with van der Waals surface area (Å²) in [6, 6.07) is 3.86. The van der Waals surface area contributed by atoms with Crippen molar-refractivity contribution in [1.29, 1.82) is 0 Å². The van der Waals surface area contributed by atoms with Gasteiger partial charge in [0.2, 0.25) is 0 Å². The maximum Gasteiger partial charge on any atom is 0.0770 e. The standard InChI is InChI=1S/C10H17N3O/c1-8(14-2)7-13-9-4-3-5-12-10(9)6-11/h3-5,8,13H,6-7,11H2,1-2H3. The molecule has 0 amide bonds. The largest absolute Gasteiger partial charge is 0.381 e. The van der Waals surface area contributed by atoms with E-state index in [4.69, 9.17) is 10.5 Å². The Kier molecular flexibility index (Phi) is 4.35. The fourth-order valence-corrected chi connectivity index (χ4v) is 1.10. The van der Waals surface area contributed by atoms with Gasteiger partial charge >= 0.3 is 0 Å². The Hall–Kier alpha value is -1.13. The summed E-state index contributed by atoms with van der Waals surface area (Å²) in [7, 11) is 1.69. The van der Waals surface area contributed by atoms with Gasteiger partial charge in [-0.1, -0.05) is 0 Å². The fourth-order valence-electron chi connectivity index (χ4n) is 1.10. The number of nitrogens with two attached hydrogens (primary N) is 1. The van der Waals surface area contributed by atoms with E-state index in [1.165, 1.54) is 0 Å². The molecule has 0 bridgehead atoms. The summed E-state index contributed by atoms with van der Waals surface area (Å²) in [5, 5.41) is 3.25. The van der Waals surface area contributed by atoms with Crippen LogP contribution in [0.2, 0.25) is 0 Å². The molecule has 0 fully saturated rings. The summed E-state index contributed by atoms with van der Waals surface area (Å²) in [4.78, 5) is 4.17. The smallest absolute Gasteiger partial charge is 0.0770 e. The summed E-state index contributed by atoms with van der Waals surface area (Å²) in [5.74, 6) is 0. The molecule has 1 aromatic heterocycles. The molecule has 1 aromatic rings. The summed E-state index contributed by atoms with van der Waals surface area (Å²) in [6.07, 6.45) is 1.92. The lowest BCUT2D eigenvalue weighted by Crippen LogP contribution is -2.19. The lowest BCUT2D eigenvalue weighted by molar-refractivity contribution is 0.129. The van der Waals surface area contributed by atoms with Crippen LogP contribution in [-0.4, -0.2) is 24.7 Å². The Labute approximate surface area is 84.5 Å². The minimum absolute atomic E-state index is 0.181. The van der Waals surface area contributed by atoms with Gasteiger partial charge in [-0.3, -0.25) is 4.98 Å². The third-order valence-corrected chi connectivity index (χ3v) is 2.07. The highest BCUT2D eigenvalue weighted by molar-refractivity contribution is 5.47. The van der Waals surface area contributed by atoms with Gasteiger partial charge in [-0.15, -0.1) is 0 Å². The van der Waals surface area contributed by atoms with Gasteiger partial charge in [-0.2, -0.15) is 0 Å². The third kappa shape index (κ3) is 2.97. The molecule has 0 saturated carbocycles. The van der Waals surface area contributed by atoms with Crippen LogP contribution in [0.5, 0.6) is 0 Å². The summed E-state index contributed by atoms with van der Waals surface area (Å²) < 4.78 is 5.13. The number of ether oxygens (including phenoxy) is 1. The van der Waals surface area contributed by atoms with Gasteiger partial charge in [0.1, 0.15) is 0 Å². The SMILES string of the molecule is COC(C)CNc1cccnc1CN. The van der Waals surface area contributed by atoms with Crippen molar-refractivity contribution in [1.82, 2.24) is 4.98 Å². The van der Waals surface area contributed by atoms with Crippen LogP contribution < -0.4 is 11.1 Å². The number of aromatic nitrogens is 1. The molecule has 0 aliphatic carbocycles. The molecule has 78 valence electrons. The Balaban J connectivity index is 2.57. The lowest BCUT2D eigenvalue weighted by Gasteiger charge is -2.13. The van der Waals surface area contributed by atoms with Gasteiger partial charge in [-0.05, 0) is 19.1 Å². The highest BCUT2D eigenvalue weighted by Gasteiger charge is 2.02. The highest BCUT2D eigenvalue weighted by atomic mass is 16.5. The molecule has 14 heavy (non-hydrogen) atoms. The van der Waals surface area contributed by atoms with Gasteiger partial charge in [0.25, 0.3) is 0 Å². The van der Waals surface area contributed by atoms with Crippen LogP contribution in [0.15, 0.2) is 18.3 Å². The Bertz CT molecular complexity index is 278. The van der Waals surface area contributed by atoms with Crippen molar-refractivity contribution in [3.8, 4) is 0 Å². The number of nitrogens with zero attached hydrogens (tertiary/aromatic N) is 1. The molecule has 0 aromatic carbocycles. The number of methoxy groups -OCH3 is 1. The third-order valence-electron chi connectivity index (χ3n) is 2.07. The number of rotatable bonds is 5. The van der Waals surface area contributed by atoms with E-state index in [1.807, 2.05) is 19.1 Å². The molecule has 1 rings (SSSR count). The Morgan fingerprint density at radius 2 is 2.43 bits per heavy atom. The molecule has 0 saturated heterocycles. The molecule has 1 unspecified atom stereocenters. The lowest BCUT2D eigenvalue weighted by atomic mass is 10.3. The topological polar surface area (TPSA) is 60.2 Å². The predicted molar refractivity (Wildman–Crippen MR) is 57.1 cm³/mol. The van der Waals surface area contributed by atoms with Gasteiger partial charge in [-0.25, -0.2) is 0 Å². The van der Waals surface area contributed by atoms with Crippen LogP contribution in [0.1, 0.15) is 12.6 Å². The van der Waals surface area contributed by atoms with Crippen LogP contribution in [0.4, 0.5) is 5.69 Å². The molecule has 3 N–H and O–H groups in total. The van der Waals surface area contributed by atoms with Crippen molar-refractivity contribution in [2.24, 2.45) is 5.73 Å². The first-order chi connectivity index (χ1) is 6.77. The highest BCUT2D eigenvalue weighted by Crippen LogP contribution is 2.10. The second kappa shape index (κ2) is 5.57. The first-order valence-corrected chi connectivity index (χ1v) is 4.68. The zero-order chi connectivity index (χ0) is 10.4. The summed E-state index contributed by atoms with van der Waals surface area (Å²) in [6.45, 7) is 3.21. The maximum atomic E-state index is 5.56. The molecule has 0 radical (unpaired) electrons. The Morgan fingerprint density at radius 3 is 3.07 bits per heavy atom. The molecular formula is C10H17N3O. The molecule has 1 heterocycles. The number of hydrogen-bond donors (Lipinski definition) is 2. The van der Waals surface area contributed by atoms with E-state index >= 15 is 0 Å². The van der Waals surface area contributed by atoms with Crippen molar-refractivity contribution in [2.45, 2.75) is 19.6 Å². The predicted octanol–water partition coefficient (Wildman–Crippen LogP) is 0.987. The second-order valence-electron chi connectivity index (χ2n) is 3.13. The monoisotopic (exact) mass is 195 g/mol. The molecule has 0 spiro atoms.